The van der Waals surface area contributed by atoms with E-state index >= 15 is 0 Å². The number of hydrogen-bond donors (Lipinski definition) is 2. The van der Waals surface area contributed by atoms with E-state index in [1.807, 2.05) is 0 Å². The molecule has 1 atom stereocenters. The fourth-order valence-electron chi connectivity index (χ4n) is 1.23. The number of thiol groups is 1. The monoisotopic (exact) mass is 214 g/mol. The van der Waals surface area contributed by atoms with E-state index in [2.05, 4.69) is 15.3 Å². The van der Waals surface area contributed by atoms with Crippen LogP contribution in [0.4, 0.5) is 11.5 Å². The van der Waals surface area contributed by atoms with Gasteiger partial charge in [0, 0.05) is 0 Å². The van der Waals surface area contributed by atoms with Crippen molar-refractivity contribution in [3.8, 4) is 0 Å². The van der Waals surface area contributed by atoms with Crippen molar-refractivity contribution in [3.63, 3.8) is 0 Å². The zero-order chi connectivity index (χ0) is 10.1. The Balaban J connectivity index is 2.52. The van der Waals surface area contributed by atoms with E-state index in [-0.39, 0.29) is 5.82 Å². The van der Waals surface area contributed by atoms with Crippen LogP contribution >= 0.6 is 0 Å². The van der Waals surface area contributed by atoms with E-state index in [1.54, 1.807) is 0 Å². The summed E-state index contributed by atoms with van der Waals surface area (Å²) in [6.07, 6.45) is 2.21. The van der Waals surface area contributed by atoms with Gasteiger partial charge in [-0.05, 0) is 0 Å². The number of anilines is 2. The molecule has 1 aliphatic rings. The molecule has 2 rings (SSSR count). The third kappa shape index (κ3) is 1.20. The van der Waals surface area contributed by atoms with Crippen LogP contribution in [0.15, 0.2) is 12.5 Å². The minimum Gasteiger partial charge on any atom is -0.354 e. The average Bonchev–Trinajstić information content (AvgIpc) is 2.55. The summed E-state index contributed by atoms with van der Waals surface area (Å²) >= 11 is 0. The van der Waals surface area contributed by atoms with E-state index in [0.717, 1.165) is 4.31 Å². The molecule has 0 bridgehead atoms. The number of nitrogens with zero attached hydrogens (tertiary/aromatic N) is 3. The summed E-state index contributed by atoms with van der Waals surface area (Å²) in [7, 11) is -2.88. The highest BCUT2D eigenvalue weighted by molar-refractivity contribution is 7.74. The maximum Gasteiger partial charge on any atom is 0.228 e. The molecule has 1 unspecified atom stereocenters. The van der Waals surface area contributed by atoms with Crippen LogP contribution in [0.25, 0.3) is 0 Å². The van der Waals surface area contributed by atoms with Gasteiger partial charge in [-0.2, -0.15) is 0 Å². The zero-order valence-corrected chi connectivity index (χ0v) is 7.72. The van der Waals surface area contributed by atoms with E-state index in [0.29, 0.717) is 12.0 Å². The largest absolute Gasteiger partial charge is 0.354 e. The van der Waals surface area contributed by atoms with Crippen LogP contribution in [-0.2, 0) is 15.7 Å². The second kappa shape index (κ2) is 3.22. The first kappa shape index (κ1) is 8.88. The molecule has 14 heavy (non-hydrogen) atoms. The lowest BCUT2D eigenvalue weighted by Gasteiger charge is -2.12. The van der Waals surface area contributed by atoms with Crippen molar-refractivity contribution >= 4 is 28.7 Å². The van der Waals surface area contributed by atoms with Gasteiger partial charge in [-0.25, -0.2) is 22.7 Å². The Morgan fingerprint density at radius 1 is 1.57 bits per heavy atom. The van der Waals surface area contributed by atoms with Gasteiger partial charge in [0.1, 0.15) is 6.33 Å². The Bertz CT molecular complexity index is 438. The number of hydrogen-bond acceptors (Lipinski definition) is 6. The second-order valence-corrected chi connectivity index (χ2v) is 3.47. The number of carbonyl (C=O) groups excluding carboxylic acids is 1. The number of rotatable bonds is 2. The highest BCUT2D eigenvalue weighted by Crippen LogP contribution is 2.30. The fourth-order valence-corrected chi connectivity index (χ4v) is 1.86. The lowest BCUT2D eigenvalue weighted by molar-refractivity contribution is -0.108. The molecular formula is C6H6N4O3S. The van der Waals surface area contributed by atoms with Gasteiger partial charge >= 0.3 is 0 Å². The molecule has 0 spiro atoms. The van der Waals surface area contributed by atoms with Gasteiger partial charge in [-0.15, -0.1) is 0 Å². The van der Waals surface area contributed by atoms with Crippen LogP contribution in [0, 0.1) is 0 Å². The Kier molecular flexibility index (Phi) is 2.04. The predicted molar refractivity (Wildman–Crippen MR) is 48.3 cm³/mol. The number of aromatic nitrogens is 2. The molecule has 7 nitrogen and oxygen atoms in total. The first-order valence-corrected chi connectivity index (χ1v) is 4.82. The van der Waals surface area contributed by atoms with Gasteiger partial charge in [0.05, 0.1) is 11.9 Å². The summed E-state index contributed by atoms with van der Waals surface area (Å²) in [5, 5.41) is 2.66. The lowest BCUT2D eigenvalue weighted by Crippen LogP contribution is -2.35. The van der Waals surface area contributed by atoms with Crippen molar-refractivity contribution in [1.82, 2.24) is 9.97 Å². The van der Waals surface area contributed by atoms with Crippen molar-refractivity contribution in [2.75, 3.05) is 9.62 Å². The molecule has 0 aromatic carbocycles. The van der Waals surface area contributed by atoms with Gasteiger partial charge in [-0.3, -0.25) is 4.79 Å². The lowest BCUT2D eigenvalue weighted by atomic mass is 10.5. The third-order valence-electron chi connectivity index (χ3n) is 1.78. The summed E-state index contributed by atoms with van der Waals surface area (Å²) < 4.78 is 22.6. The fraction of sp³-hybridized carbons (Fsp3) is 0.167. The summed E-state index contributed by atoms with van der Waals surface area (Å²) in [5.74, 6) is 0.202. The Morgan fingerprint density at radius 3 is 3.00 bits per heavy atom. The van der Waals surface area contributed by atoms with E-state index in [9.17, 15) is 13.2 Å². The number of aldehydes is 1. The first-order valence-electron chi connectivity index (χ1n) is 3.69. The van der Waals surface area contributed by atoms with Crippen LogP contribution in [0.2, 0.25) is 0 Å². The van der Waals surface area contributed by atoms with Crippen LogP contribution in [0.1, 0.15) is 0 Å². The molecule has 74 valence electrons. The van der Waals surface area contributed by atoms with E-state index < -0.39 is 17.1 Å². The van der Waals surface area contributed by atoms with Crippen molar-refractivity contribution in [1.29, 1.82) is 0 Å². The number of nitrogens with one attached hydrogen (secondary N) is 1. The molecule has 2 heterocycles. The molecule has 1 aromatic rings. The second-order valence-electron chi connectivity index (χ2n) is 2.57. The predicted octanol–water partition coefficient (Wildman–Crippen LogP) is -1.24. The van der Waals surface area contributed by atoms with Crippen molar-refractivity contribution in [2.24, 2.45) is 0 Å². The van der Waals surface area contributed by atoms with E-state index in [4.69, 9.17) is 0 Å². The summed E-state index contributed by atoms with van der Waals surface area (Å²) in [6, 6.07) is 0. The van der Waals surface area contributed by atoms with Crippen LogP contribution < -0.4 is 9.62 Å². The Morgan fingerprint density at radius 2 is 2.36 bits per heavy atom. The summed E-state index contributed by atoms with van der Waals surface area (Å²) in [4.78, 5) is 18.0. The van der Waals surface area contributed by atoms with Gasteiger partial charge < -0.3 is 5.32 Å². The van der Waals surface area contributed by atoms with Gasteiger partial charge in [0.15, 0.2) is 18.3 Å². The SMILES string of the molecule is O=CC1Nc2cncnc2N1[SH](=O)=O. The summed E-state index contributed by atoms with van der Waals surface area (Å²) in [5.41, 5.74) is 0.434. The van der Waals surface area contributed by atoms with Crippen LogP contribution in [0.5, 0.6) is 0 Å². The van der Waals surface area contributed by atoms with Crippen molar-refractivity contribution < 1.29 is 13.2 Å². The Hall–Kier alpha value is -1.70. The van der Waals surface area contributed by atoms with Gasteiger partial charge in [0.25, 0.3) is 0 Å². The van der Waals surface area contributed by atoms with Crippen LogP contribution in [0.3, 0.4) is 0 Å². The molecule has 0 amide bonds. The molecule has 1 N–H and O–H groups in total. The molecule has 1 aromatic heterocycles. The quantitative estimate of drug-likeness (QED) is 0.472. The smallest absolute Gasteiger partial charge is 0.228 e. The molecular weight excluding hydrogens is 208 g/mol. The van der Waals surface area contributed by atoms with Crippen molar-refractivity contribution in [3.05, 3.63) is 12.5 Å². The topological polar surface area (TPSA) is 92.3 Å². The molecule has 1 aliphatic heterocycles. The zero-order valence-electron chi connectivity index (χ0n) is 6.82. The Labute approximate surface area is 80.9 Å². The number of fused-ring (bicyclic) bond motifs is 1. The molecule has 0 fully saturated rings. The molecule has 0 aliphatic carbocycles. The molecule has 0 radical (unpaired) electrons. The normalized spacial score (nSPS) is 19.2. The number of carbonyl (C=O) groups is 1. The first-order chi connectivity index (χ1) is 6.74. The molecule has 0 saturated heterocycles. The van der Waals surface area contributed by atoms with E-state index in [1.165, 1.54) is 12.5 Å². The minimum absolute atomic E-state index is 0.202. The minimum atomic E-state index is -2.88. The third-order valence-corrected chi connectivity index (χ3v) is 2.57. The average molecular weight is 214 g/mol. The highest BCUT2D eigenvalue weighted by Gasteiger charge is 2.31. The maximum absolute atomic E-state index is 10.8. The molecule has 8 heteroatoms. The van der Waals surface area contributed by atoms with Crippen LogP contribution in [-0.4, -0.2) is 30.8 Å². The van der Waals surface area contributed by atoms with Crippen molar-refractivity contribution in [2.45, 2.75) is 6.17 Å². The van der Waals surface area contributed by atoms with Gasteiger partial charge in [-0.1, -0.05) is 0 Å². The van der Waals surface area contributed by atoms with Gasteiger partial charge in [0.2, 0.25) is 10.9 Å². The molecule has 0 saturated carbocycles. The maximum atomic E-state index is 10.8. The summed E-state index contributed by atoms with van der Waals surface area (Å²) in [6.45, 7) is 0. The highest BCUT2D eigenvalue weighted by atomic mass is 32.2. The standard InChI is InChI=1S/C6H6N4O3S/c11-2-5-9-4-1-7-3-8-6(4)10(5)14(12)13/h1-3,5,9,14H.